The summed E-state index contributed by atoms with van der Waals surface area (Å²) in [6.45, 7) is 1.23. The highest BCUT2D eigenvalue weighted by Gasteiger charge is 2.07. The number of hydrogen-bond acceptors (Lipinski definition) is 5. The molecule has 0 unspecified atom stereocenters. The summed E-state index contributed by atoms with van der Waals surface area (Å²) >= 11 is 0. The summed E-state index contributed by atoms with van der Waals surface area (Å²) < 4.78 is 22.2. The molecule has 1 aromatic rings. The van der Waals surface area contributed by atoms with E-state index in [1.807, 2.05) is 31.1 Å². The van der Waals surface area contributed by atoms with E-state index < -0.39 is 9.84 Å². The first kappa shape index (κ1) is 13.9. The summed E-state index contributed by atoms with van der Waals surface area (Å²) in [5.74, 6) is 0.933. The predicted octanol–water partition coefficient (Wildman–Crippen LogP) is 0.282. The third-order valence-corrected chi connectivity index (χ3v) is 3.30. The maximum absolute atomic E-state index is 11.1. The minimum Gasteiger partial charge on any atom is -0.359 e. The molecule has 96 valence electrons. The van der Waals surface area contributed by atoms with Crippen molar-refractivity contribution >= 4 is 15.7 Å². The summed E-state index contributed by atoms with van der Waals surface area (Å²) in [6.07, 6.45) is 2.98. The molecule has 1 aromatic heterocycles. The van der Waals surface area contributed by atoms with Crippen LogP contribution in [-0.2, 0) is 16.4 Å². The Kier molecular flexibility index (Phi) is 4.89. The normalized spacial score (nSPS) is 11.5. The first-order valence-corrected chi connectivity index (χ1v) is 7.47. The maximum atomic E-state index is 11.1. The van der Waals surface area contributed by atoms with E-state index >= 15 is 0 Å². The van der Waals surface area contributed by atoms with Crippen LogP contribution in [0.4, 0.5) is 5.82 Å². The van der Waals surface area contributed by atoms with Gasteiger partial charge in [-0.05, 0) is 24.7 Å². The van der Waals surface area contributed by atoms with Crippen molar-refractivity contribution in [1.29, 1.82) is 0 Å². The van der Waals surface area contributed by atoms with Crippen LogP contribution in [0.3, 0.4) is 0 Å². The van der Waals surface area contributed by atoms with Crippen LogP contribution in [0.25, 0.3) is 0 Å². The lowest BCUT2D eigenvalue weighted by atomic mass is 10.2. The van der Waals surface area contributed by atoms with E-state index in [0.717, 1.165) is 17.9 Å². The van der Waals surface area contributed by atoms with Gasteiger partial charge < -0.3 is 10.2 Å². The molecular formula is C11H19N3O2S. The van der Waals surface area contributed by atoms with Crippen molar-refractivity contribution in [2.24, 2.45) is 0 Å². The molecule has 0 aliphatic rings. The molecule has 0 bridgehead atoms. The molecule has 17 heavy (non-hydrogen) atoms. The molecule has 6 heteroatoms. The molecule has 0 aromatic carbocycles. The molecule has 0 aliphatic carbocycles. The number of nitrogens with one attached hydrogen (secondary N) is 1. The fourth-order valence-electron chi connectivity index (χ4n) is 1.40. The minimum atomic E-state index is -2.93. The number of sulfone groups is 1. The highest BCUT2D eigenvalue weighted by molar-refractivity contribution is 7.90. The second-order valence-corrected chi connectivity index (χ2v) is 6.36. The Balaban J connectivity index is 2.68. The number of hydrogen-bond donors (Lipinski definition) is 1. The van der Waals surface area contributed by atoms with Crippen LogP contribution in [0.5, 0.6) is 0 Å². The second-order valence-electron chi connectivity index (χ2n) is 4.10. The summed E-state index contributed by atoms with van der Waals surface area (Å²) in [4.78, 5) is 6.07. The van der Waals surface area contributed by atoms with E-state index in [2.05, 4.69) is 10.3 Å². The highest BCUT2D eigenvalue weighted by atomic mass is 32.2. The van der Waals surface area contributed by atoms with Crippen molar-refractivity contribution in [3.05, 3.63) is 23.9 Å². The van der Waals surface area contributed by atoms with Crippen molar-refractivity contribution in [3.8, 4) is 0 Å². The molecule has 0 aliphatic heterocycles. The largest absolute Gasteiger partial charge is 0.359 e. The SMILES string of the molecule is CNCc1ccnc(N(C)CCS(C)(=O)=O)c1. The molecule has 1 rings (SSSR count). The van der Waals surface area contributed by atoms with Gasteiger partial charge in [0.15, 0.2) is 0 Å². The molecule has 0 spiro atoms. The van der Waals surface area contributed by atoms with E-state index in [4.69, 9.17) is 0 Å². The quantitative estimate of drug-likeness (QED) is 0.793. The van der Waals surface area contributed by atoms with Crippen LogP contribution in [0.15, 0.2) is 18.3 Å². The van der Waals surface area contributed by atoms with Crippen LogP contribution in [0, 0.1) is 0 Å². The summed E-state index contributed by atoms with van der Waals surface area (Å²) in [5.41, 5.74) is 1.13. The smallest absolute Gasteiger partial charge is 0.149 e. The lowest BCUT2D eigenvalue weighted by molar-refractivity contribution is 0.601. The predicted molar refractivity (Wildman–Crippen MR) is 70.0 cm³/mol. The van der Waals surface area contributed by atoms with E-state index in [9.17, 15) is 8.42 Å². The fraction of sp³-hybridized carbons (Fsp3) is 0.545. The van der Waals surface area contributed by atoms with E-state index in [0.29, 0.717) is 6.54 Å². The number of aromatic nitrogens is 1. The van der Waals surface area contributed by atoms with Crippen LogP contribution < -0.4 is 10.2 Å². The maximum Gasteiger partial charge on any atom is 0.149 e. The van der Waals surface area contributed by atoms with Crippen molar-refractivity contribution in [2.75, 3.05) is 37.5 Å². The molecule has 0 atom stereocenters. The third-order valence-electron chi connectivity index (χ3n) is 2.38. The summed E-state index contributed by atoms with van der Waals surface area (Å²) in [7, 11) is 0.797. The molecule has 0 saturated heterocycles. The highest BCUT2D eigenvalue weighted by Crippen LogP contribution is 2.10. The zero-order valence-electron chi connectivity index (χ0n) is 10.5. The lowest BCUT2D eigenvalue weighted by Gasteiger charge is -2.18. The number of nitrogens with zero attached hydrogens (tertiary/aromatic N) is 2. The van der Waals surface area contributed by atoms with E-state index in [-0.39, 0.29) is 5.75 Å². The first-order chi connectivity index (χ1) is 7.92. The van der Waals surface area contributed by atoms with Crippen molar-refractivity contribution in [3.63, 3.8) is 0 Å². The first-order valence-electron chi connectivity index (χ1n) is 5.41. The van der Waals surface area contributed by atoms with E-state index in [1.54, 1.807) is 6.20 Å². The average Bonchev–Trinajstić information content (AvgIpc) is 2.26. The van der Waals surface area contributed by atoms with Crippen LogP contribution in [-0.4, -0.2) is 46.1 Å². The number of anilines is 1. The monoisotopic (exact) mass is 257 g/mol. The molecule has 0 radical (unpaired) electrons. The Morgan fingerprint density at radius 1 is 1.47 bits per heavy atom. The Morgan fingerprint density at radius 3 is 2.76 bits per heavy atom. The summed E-state index contributed by atoms with van der Waals surface area (Å²) in [6, 6.07) is 3.89. The Hall–Kier alpha value is -1.14. The third kappa shape index (κ3) is 5.14. The average molecular weight is 257 g/mol. The Morgan fingerprint density at radius 2 is 2.18 bits per heavy atom. The van der Waals surface area contributed by atoms with Crippen LogP contribution in [0.1, 0.15) is 5.56 Å². The molecule has 0 fully saturated rings. The van der Waals surface area contributed by atoms with Gasteiger partial charge in [0.2, 0.25) is 0 Å². The van der Waals surface area contributed by atoms with Gasteiger partial charge in [0.05, 0.1) is 5.75 Å². The fourth-order valence-corrected chi connectivity index (χ4v) is 2.01. The van der Waals surface area contributed by atoms with Gasteiger partial charge in [-0.1, -0.05) is 0 Å². The van der Waals surface area contributed by atoms with Crippen LogP contribution in [0.2, 0.25) is 0 Å². The molecule has 0 saturated carbocycles. The van der Waals surface area contributed by atoms with Crippen molar-refractivity contribution < 1.29 is 8.42 Å². The Labute approximate surface area is 103 Å². The Bertz CT molecular complexity index is 460. The molecular weight excluding hydrogens is 238 g/mol. The number of rotatable bonds is 6. The van der Waals surface area contributed by atoms with Gasteiger partial charge in [0.25, 0.3) is 0 Å². The van der Waals surface area contributed by atoms with Gasteiger partial charge in [0, 0.05) is 32.6 Å². The molecule has 5 nitrogen and oxygen atoms in total. The summed E-state index contributed by atoms with van der Waals surface area (Å²) in [5, 5.41) is 3.06. The topological polar surface area (TPSA) is 62.3 Å². The lowest BCUT2D eigenvalue weighted by Crippen LogP contribution is -2.25. The minimum absolute atomic E-state index is 0.140. The van der Waals surface area contributed by atoms with Gasteiger partial charge in [-0.15, -0.1) is 0 Å². The van der Waals surface area contributed by atoms with Gasteiger partial charge in [-0.3, -0.25) is 0 Å². The molecule has 0 amide bonds. The van der Waals surface area contributed by atoms with Gasteiger partial charge >= 0.3 is 0 Å². The van der Waals surface area contributed by atoms with Gasteiger partial charge in [0.1, 0.15) is 15.7 Å². The molecule has 1 N–H and O–H groups in total. The zero-order chi connectivity index (χ0) is 12.9. The van der Waals surface area contributed by atoms with Crippen LogP contribution >= 0.6 is 0 Å². The van der Waals surface area contributed by atoms with Crippen molar-refractivity contribution in [2.45, 2.75) is 6.54 Å². The standard InChI is InChI=1S/C11H19N3O2S/c1-12-9-10-4-5-13-11(8-10)14(2)6-7-17(3,15)16/h4-5,8,12H,6-7,9H2,1-3H3. The van der Waals surface area contributed by atoms with E-state index in [1.165, 1.54) is 6.26 Å². The van der Waals surface area contributed by atoms with Gasteiger partial charge in [-0.2, -0.15) is 0 Å². The zero-order valence-corrected chi connectivity index (χ0v) is 11.3. The number of pyridine rings is 1. The van der Waals surface area contributed by atoms with Crippen molar-refractivity contribution in [1.82, 2.24) is 10.3 Å². The molecule has 1 heterocycles. The van der Waals surface area contributed by atoms with Gasteiger partial charge in [-0.25, -0.2) is 13.4 Å². The second kappa shape index (κ2) is 5.97.